The number of nitrogens with zero attached hydrogens (tertiary/aromatic N) is 1. The van der Waals surface area contributed by atoms with Gasteiger partial charge in [0, 0.05) is 31.9 Å². The van der Waals surface area contributed by atoms with Crippen LogP contribution in [0.4, 0.5) is 0 Å². The molecule has 2 N–H and O–H groups in total. The highest BCUT2D eigenvalue weighted by Crippen LogP contribution is 2.04. The quantitative estimate of drug-likeness (QED) is 0.678. The lowest BCUT2D eigenvalue weighted by molar-refractivity contribution is -0.0208. The van der Waals surface area contributed by atoms with Crippen molar-refractivity contribution >= 4 is 11.8 Å². The number of rotatable bonds is 4. The molecule has 3 nitrogen and oxygen atoms in total. The van der Waals surface area contributed by atoms with Gasteiger partial charge in [0.05, 0.1) is 12.7 Å². The summed E-state index contributed by atoms with van der Waals surface area (Å²) in [6.45, 7) is 4.74. The molecule has 0 aliphatic carbocycles. The number of ether oxygens (including phenoxy) is 1. The summed E-state index contributed by atoms with van der Waals surface area (Å²) in [6.07, 6.45) is 2.40. The van der Waals surface area contributed by atoms with Crippen LogP contribution >= 0.6 is 11.8 Å². The molecule has 1 atom stereocenters. The smallest absolute Gasteiger partial charge is 0.0824 e. The maximum absolute atomic E-state index is 5.54. The van der Waals surface area contributed by atoms with Crippen LogP contribution in [0, 0.1) is 0 Å². The summed E-state index contributed by atoms with van der Waals surface area (Å²) in [5, 5.41) is 0. The van der Waals surface area contributed by atoms with Crippen molar-refractivity contribution in [3.8, 4) is 0 Å². The van der Waals surface area contributed by atoms with E-state index in [1.54, 1.807) is 0 Å². The summed E-state index contributed by atoms with van der Waals surface area (Å²) in [5.74, 6) is 1.21. The highest BCUT2D eigenvalue weighted by molar-refractivity contribution is 7.98. The van der Waals surface area contributed by atoms with E-state index in [1.165, 1.54) is 12.3 Å². The third-order valence-corrected chi connectivity index (χ3v) is 2.69. The van der Waals surface area contributed by atoms with Gasteiger partial charge in [-0.3, -0.25) is 4.90 Å². The Labute approximate surface area is 78.6 Å². The van der Waals surface area contributed by atoms with Crippen LogP contribution in [0.2, 0.25) is 0 Å². The van der Waals surface area contributed by atoms with Crippen LogP contribution in [-0.4, -0.2) is 55.8 Å². The molecule has 1 rings (SSSR count). The van der Waals surface area contributed by atoms with E-state index in [1.807, 2.05) is 11.8 Å². The van der Waals surface area contributed by atoms with Crippen molar-refractivity contribution in [1.82, 2.24) is 4.90 Å². The van der Waals surface area contributed by atoms with E-state index in [0.29, 0.717) is 6.54 Å². The highest BCUT2D eigenvalue weighted by atomic mass is 32.2. The van der Waals surface area contributed by atoms with Crippen molar-refractivity contribution in [2.75, 3.05) is 44.8 Å². The molecule has 1 fully saturated rings. The summed E-state index contributed by atoms with van der Waals surface area (Å²) in [7, 11) is 0. The van der Waals surface area contributed by atoms with Crippen LogP contribution in [0.1, 0.15) is 0 Å². The molecule has 0 radical (unpaired) electrons. The van der Waals surface area contributed by atoms with Crippen molar-refractivity contribution in [2.24, 2.45) is 5.73 Å². The third-order valence-electron chi connectivity index (χ3n) is 2.10. The number of hydrogen-bond acceptors (Lipinski definition) is 4. The topological polar surface area (TPSA) is 38.5 Å². The molecule has 0 aromatic carbocycles. The van der Waals surface area contributed by atoms with Gasteiger partial charge >= 0.3 is 0 Å². The average molecular weight is 190 g/mol. The maximum Gasteiger partial charge on any atom is 0.0824 e. The first-order valence-corrected chi connectivity index (χ1v) is 5.79. The number of thioether (sulfide) groups is 1. The first-order valence-electron chi connectivity index (χ1n) is 4.39. The Morgan fingerprint density at radius 2 is 2.50 bits per heavy atom. The van der Waals surface area contributed by atoms with E-state index in [2.05, 4.69) is 11.2 Å². The highest BCUT2D eigenvalue weighted by Gasteiger charge is 2.17. The zero-order valence-electron chi connectivity index (χ0n) is 7.66. The van der Waals surface area contributed by atoms with Gasteiger partial charge in [-0.1, -0.05) is 0 Å². The molecule has 0 amide bonds. The number of morpholine rings is 1. The average Bonchev–Trinajstić information content (AvgIpc) is 2.15. The first-order chi connectivity index (χ1) is 5.86. The van der Waals surface area contributed by atoms with E-state index in [0.717, 1.165) is 19.7 Å². The SMILES string of the molecule is CSCCN1CCOC(CN)C1. The standard InChI is InChI=1S/C8H18N2OS/c1-12-5-3-10-2-4-11-8(6-9)7-10/h8H,2-7,9H2,1H3. The van der Waals surface area contributed by atoms with Gasteiger partial charge in [-0.15, -0.1) is 0 Å². The fourth-order valence-electron chi connectivity index (χ4n) is 1.35. The van der Waals surface area contributed by atoms with Gasteiger partial charge in [0.1, 0.15) is 0 Å². The Kier molecular flexibility index (Phi) is 4.99. The van der Waals surface area contributed by atoms with Crippen LogP contribution < -0.4 is 5.73 Å². The van der Waals surface area contributed by atoms with Crippen molar-refractivity contribution in [3.63, 3.8) is 0 Å². The summed E-state index contributed by atoms with van der Waals surface area (Å²) in [4.78, 5) is 2.43. The van der Waals surface area contributed by atoms with Crippen LogP contribution in [0.3, 0.4) is 0 Å². The molecule has 0 saturated carbocycles. The van der Waals surface area contributed by atoms with Crippen molar-refractivity contribution in [2.45, 2.75) is 6.10 Å². The minimum Gasteiger partial charge on any atom is -0.374 e. The monoisotopic (exact) mass is 190 g/mol. The minimum atomic E-state index is 0.264. The molecule has 4 heteroatoms. The molecule has 0 bridgehead atoms. The normalized spacial score (nSPS) is 26.0. The van der Waals surface area contributed by atoms with Gasteiger partial charge in [0.2, 0.25) is 0 Å². The number of nitrogens with two attached hydrogens (primary N) is 1. The third kappa shape index (κ3) is 3.31. The lowest BCUT2D eigenvalue weighted by atomic mass is 10.3. The Morgan fingerprint density at radius 1 is 1.67 bits per heavy atom. The van der Waals surface area contributed by atoms with Crippen LogP contribution in [0.25, 0.3) is 0 Å². The summed E-state index contributed by atoms with van der Waals surface area (Å²) in [6, 6.07) is 0. The van der Waals surface area contributed by atoms with Crippen molar-refractivity contribution in [1.29, 1.82) is 0 Å². The Morgan fingerprint density at radius 3 is 3.17 bits per heavy atom. The van der Waals surface area contributed by atoms with E-state index in [4.69, 9.17) is 10.5 Å². The van der Waals surface area contributed by atoms with E-state index >= 15 is 0 Å². The van der Waals surface area contributed by atoms with Crippen LogP contribution in [-0.2, 0) is 4.74 Å². The fourth-order valence-corrected chi connectivity index (χ4v) is 1.79. The van der Waals surface area contributed by atoms with Crippen molar-refractivity contribution < 1.29 is 4.74 Å². The van der Waals surface area contributed by atoms with Gasteiger partial charge in [-0.25, -0.2) is 0 Å². The number of hydrogen-bond donors (Lipinski definition) is 1. The molecular weight excluding hydrogens is 172 g/mol. The summed E-state index contributed by atoms with van der Waals surface area (Å²) >= 11 is 1.89. The van der Waals surface area contributed by atoms with Crippen LogP contribution in [0.15, 0.2) is 0 Å². The lowest BCUT2D eigenvalue weighted by Crippen LogP contribution is -2.46. The molecule has 1 aliphatic heterocycles. The van der Waals surface area contributed by atoms with Gasteiger partial charge in [0.15, 0.2) is 0 Å². The molecule has 72 valence electrons. The summed E-state index contributed by atoms with van der Waals surface area (Å²) < 4.78 is 5.46. The molecule has 1 unspecified atom stereocenters. The van der Waals surface area contributed by atoms with E-state index in [-0.39, 0.29) is 6.10 Å². The molecule has 0 spiro atoms. The lowest BCUT2D eigenvalue weighted by Gasteiger charge is -2.31. The second-order valence-electron chi connectivity index (χ2n) is 3.02. The Bertz CT molecular complexity index is 124. The Hall–Kier alpha value is 0.230. The minimum absolute atomic E-state index is 0.264. The van der Waals surface area contributed by atoms with Gasteiger partial charge in [-0.05, 0) is 6.26 Å². The second kappa shape index (κ2) is 5.80. The predicted molar refractivity (Wildman–Crippen MR) is 53.6 cm³/mol. The zero-order chi connectivity index (χ0) is 8.81. The molecular formula is C8H18N2OS. The summed E-state index contributed by atoms with van der Waals surface area (Å²) in [5.41, 5.74) is 5.54. The van der Waals surface area contributed by atoms with Crippen molar-refractivity contribution in [3.05, 3.63) is 0 Å². The molecule has 1 saturated heterocycles. The van der Waals surface area contributed by atoms with Gasteiger partial charge in [0.25, 0.3) is 0 Å². The van der Waals surface area contributed by atoms with Crippen LogP contribution in [0.5, 0.6) is 0 Å². The van der Waals surface area contributed by atoms with E-state index < -0.39 is 0 Å². The molecule has 12 heavy (non-hydrogen) atoms. The maximum atomic E-state index is 5.54. The van der Waals surface area contributed by atoms with E-state index in [9.17, 15) is 0 Å². The van der Waals surface area contributed by atoms with Gasteiger partial charge in [-0.2, -0.15) is 11.8 Å². The van der Waals surface area contributed by atoms with Gasteiger partial charge < -0.3 is 10.5 Å². The molecule has 0 aromatic heterocycles. The molecule has 1 aliphatic rings. The Balaban J connectivity index is 2.16. The zero-order valence-corrected chi connectivity index (χ0v) is 8.48. The molecule has 0 aromatic rings. The fraction of sp³-hybridized carbons (Fsp3) is 1.00. The second-order valence-corrected chi connectivity index (χ2v) is 4.01. The largest absolute Gasteiger partial charge is 0.374 e. The predicted octanol–water partition coefficient (Wildman–Crippen LogP) is 0.00890. The first kappa shape index (κ1) is 10.3. The molecule has 1 heterocycles.